The highest BCUT2D eigenvalue weighted by Crippen LogP contribution is 2.60. The van der Waals surface area contributed by atoms with Gasteiger partial charge in [-0.3, -0.25) is 14.9 Å². The van der Waals surface area contributed by atoms with Crippen LogP contribution in [-0.4, -0.2) is 51.8 Å². The number of carbonyl (C=O) groups is 2. The van der Waals surface area contributed by atoms with E-state index in [1.165, 1.54) is 38.5 Å². The van der Waals surface area contributed by atoms with Crippen molar-refractivity contribution >= 4 is 11.8 Å². The van der Waals surface area contributed by atoms with Crippen LogP contribution in [0.2, 0.25) is 0 Å². The van der Waals surface area contributed by atoms with E-state index in [0.717, 1.165) is 29.7 Å². The van der Waals surface area contributed by atoms with Crippen molar-refractivity contribution in [1.29, 1.82) is 0 Å². The van der Waals surface area contributed by atoms with Crippen molar-refractivity contribution in [3.63, 3.8) is 0 Å². The number of nitrogens with one attached hydrogen (secondary N) is 1. The maximum absolute atomic E-state index is 13.2. The summed E-state index contributed by atoms with van der Waals surface area (Å²) in [6.07, 6.45) is 8.97. The number of rotatable bonds is 11. The third-order valence-corrected chi connectivity index (χ3v) is 9.06. The smallest absolute Gasteiger partial charge is 0.323 e. The summed E-state index contributed by atoms with van der Waals surface area (Å²) in [6.45, 7) is 3.26. The van der Waals surface area contributed by atoms with Crippen LogP contribution in [0.3, 0.4) is 0 Å². The van der Waals surface area contributed by atoms with Crippen LogP contribution in [0.15, 0.2) is 18.2 Å². The van der Waals surface area contributed by atoms with Gasteiger partial charge >= 0.3 is 5.97 Å². The fourth-order valence-electron chi connectivity index (χ4n) is 7.86. The average Bonchev–Trinajstić information content (AvgIpc) is 3.30. The van der Waals surface area contributed by atoms with Crippen LogP contribution in [0, 0.1) is 29.1 Å². The molecule has 4 saturated carbocycles. The Hall–Kier alpha value is -2.12. The summed E-state index contributed by atoms with van der Waals surface area (Å²) in [5.41, 5.74) is 1.10. The molecule has 5 fully saturated rings. The van der Waals surface area contributed by atoms with Gasteiger partial charge in [0.1, 0.15) is 11.8 Å². The molecule has 0 aromatic heterocycles. The minimum atomic E-state index is -0.481. The molecular formula is C29H41NO6. The number of ether oxygens (including phenoxy) is 4. The van der Waals surface area contributed by atoms with Crippen molar-refractivity contribution in [2.24, 2.45) is 29.1 Å². The first-order valence-corrected chi connectivity index (χ1v) is 13.6. The SMILES string of the molecule is COCCCOc1cc(C2NC(C(=O)OCC34CC5CC(CC(C5)C3)C4)CC2C(C)=O)ccc1OC. The molecule has 3 atom stereocenters. The first-order valence-electron chi connectivity index (χ1n) is 13.6. The van der Waals surface area contributed by atoms with E-state index in [-0.39, 0.29) is 29.1 Å². The molecule has 36 heavy (non-hydrogen) atoms. The summed E-state index contributed by atoms with van der Waals surface area (Å²) in [6, 6.07) is 4.97. The summed E-state index contributed by atoms with van der Waals surface area (Å²) < 4.78 is 22.5. The van der Waals surface area contributed by atoms with Gasteiger partial charge in [0, 0.05) is 37.5 Å². The van der Waals surface area contributed by atoms with Crippen LogP contribution >= 0.6 is 0 Å². The predicted octanol–water partition coefficient (Wildman–Crippen LogP) is 4.48. The molecule has 1 aliphatic heterocycles. The summed E-state index contributed by atoms with van der Waals surface area (Å²) in [5, 5.41) is 3.43. The number of methoxy groups -OCH3 is 2. The van der Waals surface area contributed by atoms with E-state index >= 15 is 0 Å². The van der Waals surface area contributed by atoms with Crippen molar-refractivity contribution in [3.05, 3.63) is 23.8 Å². The zero-order valence-electron chi connectivity index (χ0n) is 21.9. The molecule has 1 aromatic rings. The second-order valence-corrected chi connectivity index (χ2v) is 11.8. The molecular weight excluding hydrogens is 458 g/mol. The number of hydrogen-bond acceptors (Lipinski definition) is 7. The van der Waals surface area contributed by atoms with Gasteiger partial charge in [0.2, 0.25) is 0 Å². The molecule has 198 valence electrons. The molecule has 0 radical (unpaired) electrons. The van der Waals surface area contributed by atoms with Crippen molar-refractivity contribution in [2.75, 3.05) is 34.0 Å². The van der Waals surface area contributed by atoms with Crippen molar-refractivity contribution < 1.29 is 28.5 Å². The Morgan fingerprint density at radius 3 is 2.28 bits per heavy atom. The fraction of sp³-hybridized carbons (Fsp3) is 0.724. The quantitative estimate of drug-likeness (QED) is 0.355. The molecule has 1 heterocycles. The molecule has 1 saturated heterocycles. The zero-order valence-corrected chi connectivity index (χ0v) is 21.9. The van der Waals surface area contributed by atoms with Crippen molar-refractivity contribution in [2.45, 2.75) is 70.4 Å². The second-order valence-electron chi connectivity index (χ2n) is 11.8. The lowest BCUT2D eigenvalue weighted by Crippen LogP contribution is -2.49. The highest BCUT2D eigenvalue weighted by Gasteiger charge is 2.52. The first-order chi connectivity index (χ1) is 17.4. The third-order valence-electron chi connectivity index (χ3n) is 9.06. The molecule has 5 aliphatic rings. The Morgan fingerprint density at radius 2 is 1.67 bits per heavy atom. The normalized spacial score (nSPS) is 34.5. The van der Waals surface area contributed by atoms with Gasteiger partial charge in [0.05, 0.1) is 20.3 Å². The van der Waals surface area contributed by atoms with Gasteiger partial charge in [0.25, 0.3) is 0 Å². The van der Waals surface area contributed by atoms with Gasteiger partial charge in [-0.15, -0.1) is 0 Å². The largest absolute Gasteiger partial charge is 0.493 e. The van der Waals surface area contributed by atoms with Crippen molar-refractivity contribution in [3.8, 4) is 11.5 Å². The average molecular weight is 500 g/mol. The standard InChI is InChI=1S/C29H41NO6/c1-18(31)23-13-24(28(32)36-17-29-14-19-9-20(15-29)11-21(10-19)16-29)30-27(23)22-5-6-25(34-3)26(12-22)35-8-4-7-33-2/h5-6,12,19-21,23-24,27,30H,4,7-11,13-17H2,1-3H3. The van der Waals surface area contributed by atoms with Gasteiger partial charge in [-0.05, 0) is 87.3 Å². The monoisotopic (exact) mass is 499 g/mol. The molecule has 0 spiro atoms. The van der Waals surface area contributed by atoms with Gasteiger partial charge in [-0.2, -0.15) is 0 Å². The zero-order chi connectivity index (χ0) is 25.3. The van der Waals surface area contributed by atoms with Gasteiger partial charge in [-0.25, -0.2) is 0 Å². The lowest BCUT2D eigenvalue weighted by Gasteiger charge is -2.56. The van der Waals surface area contributed by atoms with Gasteiger partial charge < -0.3 is 18.9 Å². The Bertz CT molecular complexity index is 926. The van der Waals surface area contributed by atoms with E-state index in [0.29, 0.717) is 37.7 Å². The summed E-state index contributed by atoms with van der Waals surface area (Å²) >= 11 is 0. The molecule has 4 aliphatic carbocycles. The van der Waals surface area contributed by atoms with Crippen LogP contribution < -0.4 is 14.8 Å². The molecule has 3 unspecified atom stereocenters. The highest BCUT2D eigenvalue weighted by molar-refractivity contribution is 5.83. The number of carbonyl (C=O) groups excluding carboxylic acids is 2. The van der Waals surface area contributed by atoms with E-state index < -0.39 is 6.04 Å². The maximum atomic E-state index is 13.2. The highest BCUT2D eigenvalue weighted by atomic mass is 16.5. The van der Waals surface area contributed by atoms with E-state index in [9.17, 15) is 9.59 Å². The number of hydrogen-bond donors (Lipinski definition) is 1. The van der Waals surface area contributed by atoms with Gasteiger partial charge in [0.15, 0.2) is 11.5 Å². The van der Waals surface area contributed by atoms with Crippen LogP contribution in [0.5, 0.6) is 11.5 Å². The number of esters is 1. The minimum Gasteiger partial charge on any atom is -0.493 e. The van der Waals surface area contributed by atoms with E-state index in [1.54, 1.807) is 21.1 Å². The Kier molecular flexibility index (Phi) is 7.59. The van der Waals surface area contributed by atoms with Crippen LogP contribution in [0.4, 0.5) is 0 Å². The molecule has 1 aromatic carbocycles. The molecule has 7 heteroatoms. The predicted molar refractivity (Wildman–Crippen MR) is 135 cm³/mol. The van der Waals surface area contributed by atoms with Gasteiger partial charge in [-0.1, -0.05) is 6.07 Å². The number of ketones is 1. The van der Waals surface area contributed by atoms with E-state index in [4.69, 9.17) is 18.9 Å². The summed E-state index contributed by atoms with van der Waals surface area (Å²) in [7, 11) is 3.28. The topological polar surface area (TPSA) is 83.1 Å². The maximum Gasteiger partial charge on any atom is 0.323 e. The minimum absolute atomic E-state index is 0.0715. The molecule has 6 rings (SSSR count). The fourth-order valence-corrected chi connectivity index (χ4v) is 7.86. The molecule has 7 nitrogen and oxygen atoms in total. The lowest BCUT2D eigenvalue weighted by molar-refractivity contribution is -0.157. The number of benzene rings is 1. The van der Waals surface area contributed by atoms with E-state index in [2.05, 4.69) is 5.32 Å². The molecule has 0 amide bonds. The molecule has 4 bridgehead atoms. The van der Waals surface area contributed by atoms with Crippen molar-refractivity contribution in [1.82, 2.24) is 5.32 Å². The molecule has 1 N–H and O–H groups in total. The second kappa shape index (κ2) is 10.7. The van der Waals surface area contributed by atoms with Crippen LogP contribution in [0.25, 0.3) is 0 Å². The van der Waals surface area contributed by atoms with Crippen LogP contribution in [-0.2, 0) is 19.1 Å². The summed E-state index contributed by atoms with van der Waals surface area (Å²) in [5.74, 6) is 3.30. The third kappa shape index (κ3) is 5.28. The summed E-state index contributed by atoms with van der Waals surface area (Å²) in [4.78, 5) is 25.8. The number of Topliss-reactive ketones (excluding diaryl/α,β-unsaturated/α-hetero) is 1. The van der Waals surface area contributed by atoms with Crippen LogP contribution in [0.1, 0.15) is 69.9 Å². The Morgan fingerprint density at radius 1 is 0.972 bits per heavy atom. The Balaban J connectivity index is 1.24. The first kappa shape index (κ1) is 25.5. The Labute approximate surface area is 214 Å². The lowest BCUT2D eigenvalue weighted by atomic mass is 9.50. The van der Waals surface area contributed by atoms with E-state index in [1.807, 2.05) is 18.2 Å².